The quantitative estimate of drug-likeness (QED) is 0.841. The molecule has 140 valence electrons. The number of ether oxygens (including phenoxy) is 1. The maximum absolute atomic E-state index is 11.8. The molecule has 0 spiro atoms. The molecule has 0 saturated carbocycles. The number of carbonyl (C=O) groups is 1. The molecule has 7 heteroatoms. The van der Waals surface area contributed by atoms with Crippen molar-refractivity contribution in [1.29, 1.82) is 4.78 Å². The fourth-order valence-corrected chi connectivity index (χ4v) is 3.04. The second-order valence-electron chi connectivity index (χ2n) is 7.16. The highest BCUT2D eigenvalue weighted by Crippen LogP contribution is 2.24. The molecule has 0 saturated heterocycles. The van der Waals surface area contributed by atoms with E-state index in [4.69, 9.17) is 9.52 Å². The van der Waals surface area contributed by atoms with Crippen molar-refractivity contribution in [3.8, 4) is 11.1 Å². The predicted octanol–water partition coefficient (Wildman–Crippen LogP) is 4.12. The molecule has 2 N–H and O–H groups in total. The monoisotopic (exact) mass is 375 g/mol. The zero-order chi connectivity index (χ0) is 19.5. The van der Waals surface area contributed by atoms with Crippen LogP contribution in [-0.2, 0) is 21.0 Å². The van der Waals surface area contributed by atoms with Crippen LogP contribution in [-0.4, -0.2) is 27.1 Å². The van der Waals surface area contributed by atoms with Gasteiger partial charge in [-0.2, -0.15) is 0 Å². The van der Waals surface area contributed by atoms with Gasteiger partial charge in [-0.1, -0.05) is 18.2 Å². The lowest BCUT2D eigenvalue weighted by Crippen LogP contribution is -2.32. The van der Waals surface area contributed by atoms with E-state index in [0.717, 1.165) is 22.5 Å². The first-order valence-corrected chi connectivity index (χ1v) is 10.2. The summed E-state index contributed by atoms with van der Waals surface area (Å²) in [4.78, 5) is 16.7. The number of aryl methyl sites for hydroxylation is 1. The van der Waals surface area contributed by atoms with Gasteiger partial charge in [0, 0.05) is 22.4 Å². The number of hydrogen-bond donors (Lipinski definition) is 2. The molecular weight excluding hydrogens is 350 g/mol. The SMILES string of the molecule is Cc1nc(CNC(=O)OC(C)(C)C)ccc1-c1ccc(S(C)(=N)=O)cc1. The predicted molar refractivity (Wildman–Crippen MR) is 103 cm³/mol. The molecule has 0 aliphatic heterocycles. The van der Waals surface area contributed by atoms with E-state index in [1.54, 1.807) is 12.1 Å². The van der Waals surface area contributed by atoms with Gasteiger partial charge in [0.1, 0.15) is 5.60 Å². The second-order valence-corrected chi connectivity index (χ2v) is 9.32. The summed E-state index contributed by atoms with van der Waals surface area (Å²) in [6, 6.07) is 10.9. The van der Waals surface area contributed by atoms with Crippen LogP contribution in [0.15, 0.2) is 41.3 Å². The van der Waals surface area contributed by atoms with E-state index in [9.17, 15) is 9.00 Å². The Morgan fingerprint density at radius 1 is 1.19 bits per heavy atom. The van der Waals surface area contributed by atoms with Crippen LogP contribution < -0.4 is 5.32 Å². The number of aromatic nitrogens is 1. The standard InChI is InChI=1S/C19H25N3O3S/c1-13-17(14-6-9-16(10-7-14)26(5,20)24)11-8-15(22-13)12-21-18(23)25-19(2,3)4/h6-11,20H,12H2,1-5H3,(H,21,23). The third kappa shape index (κ3) is 5.56. The van der Waals surface area contributed by atoms with Crippen molar-refractivity contribution in [1.82, 2.24) is 10.3 Å². The van der Waals surface area contributed by atoms with E-state index in [1.165, 1.54) is 6.26 Å². The molecule has 0 aliphatic carbocycles. The highest BCUT2D eigenvalue weighted by atomic mass is 32.2. The number of carbonyl (C=O) groups excluding carboxylic acids is 1. The summed E-state index contributed by atoms with van der Waals surface area (Å²) in [7, 11) is -2.71. The lowest BCUT2D eigenvalue weighted by atomic mass is 10.0. The Labute approximate surface area is 155 Å². The summed E-state index contributed by atoms with van der Waals surface area (Å²) < 4.78 is 24.6. The number of nitrogens with zero attached hydrogens (tertiary/aromatic N) is 1. The van der Waals surface area contributed by atoms with E-state index in [1.807, 2.05) is 52.0 Å². The smallest absolute Gasteiger partial charge is 0.407 e. The topological polar surface area (TPSA) is 92.1 Å². The Bertz CT molecular complexity index is 899. The first-order valence-electron chi connectivity index (χ1n) is 8.23. The Balaban J connectivity index is 2.11. The third-order valence-electron chi connectivity index (χ3n) is 3.57. The van der Waals surface area contributed by atoms with Crippen LogP contribution in [0, 0.1) is 11.7 Å². The van der Waals surface area contributed by atoms with E-state index in [-0.39, 0.29) is 6.54 Å². The van der Waals surface area contributed by atoms with E-state index in [2.05, 4.69) is 10.3 Å². The van der Waals surface area contributed by atoms with E-state index >= 15 is 0 Å². The van der Waals surface area contributed by atoms with Gasteiger partial charge in [-0.05, 0) is 51.5 Å². The van der Waals surface area contributed by atoms with Gasteiger partial charge in [0.25, 0.3) is 0 Å². The van der Waals surface area contributed by atoms with Gasteiger partial charge in [-0.25, -0.2) is 13.8 Å². The Hall–Kier alpha value is -2.41. The molecule has 1 unspecified atom stereocenters. The Morgan fingerprint density at radius 2 is 1.81 bits per heavy atom. The molecule has 1 heterocycles. The lowest BCUT2D eigenvalue weighted by Gasteiger charge is -2.19. The van der Waals surface area contributed by atoms with Crippen molar-refractivity contribution < 1.29 is 13.7 Å². The summed E-state index contributed by atoms with van der Waals surface area (Å²) in [6.07, 6.45) is 0.927. The first kappa shape index (κ1) is 19.9. The van der Waals surface area contributed by atoms with Crippen LogP contribution in [0.3, 0.4) is 0 Å². The molecule has 0 aliphatic rings. The van der Waals surface area contributed by atoms with Crippen LogP contribution >= 0.6 is 0 Å². The number of benzene rings is 1. The van der Waals surface area contributed by atoms with Gasteiger partial charge in [-0.3, -0.25) is 4.98 Å². The molecule has 2 rings (SSSR count). The molecule has 1 aromatic carbocycles. The number of rotatable bonds is 4. The molecule has 0 radical (unpaired) electrons. The summed E-state index contributed by atoms with van der Waals surface area (Å²) in [5.74, 6) is 0. The fraction of sp³-hybridized carbons (Fsp3) is 0.368. The van der Waals surface area contributed by atoms with Gasteiger partial charge in [0.15, 0.2) is 0 Å². The van der Waals surface area contributed by atoms with Crippen molar-refractivity contribution in [2.45, 2.75) is 44.7 Å². The van der Waals surface area contributed by atoms with Gasteiger partial charge in [-0.15, -0.1) is 0 Å². The number of nitrogens with one attached hydrogen (secondary N) is 2. The first-order chi connectivity index (χ1) is 12.0. The van der Waals surface area contributed by atoms with Crippen molar-refractivity contribution in [3.63, 3.8) is 0 Å². The molecule has 1 aromatic heterocycles. The van der Waals surface area contributed by atoms with E-state index < -0.39 is 21.4 Å². The van der Waals surface area contributed by atoms with Gasteiger partial charge >= 0.3 is 6.09 Å². The zero-order valence-corrected chi connectivity index (χ0v) is 16.6. The average molecular weight is 375 g/mol. The molecule has 0 bridgehead atoms. The summed E-state index contributed by atoms with van der Waals surface area (Å²) in [5, 5.41) is 2.69. The number of amides is 1. The Morgan fingerprint density at radius 3 is 2.31 bits per heavy atom. The van der Waals surface area contributed by atoms with E-state index in [0.29, 0.717) is 4.90 Å². The minimum Gasteiger partial charge on any atom is -0.444 e. The minimum atomic E-state index is -2.71. The number of pyridine rings is 1. The highest BCUT2D eigenvalue weighted by Gasteiger charge is 2.16. The lowest BCUT2D eigenvalue weighted by molar-refractivity contribution is 0.0523. The molecule has 26 heavy (non-hydrogen) atoms. The van der Waals surface area contributed by atoms with Crippen LogP contribution in [0.2, 0.25) is 0 Å². The van der Waals surface area contributed by atoms with Crippen LogP contribution in [0.1, 0.15) is 32.2 Å². The van der Waals surface area contributed by atoms with Crippen LogP contribution in [0.25, 0.3) is 11.1 Å². The normalized spacial score (nSPS) is 13.7. The van der Waals surface area contributed by atoms with Gasteiger partial charge in [0.05, 0.1) is 22.0 Å². The second kappa shape index (κ2) is 7.45. The van der Waals surface area contributed by atoms with Crippen LogP contribution in [0.5, 0.6) is 0 Å². The number of alkyl carbamates (subject to hydrolysis) is 1. The fourth-order valence-electron chi connectivity index (χ4n) is 2.39. The zero-order valence-electron chi connectivity index (χ0n) is 15.8. The summed E-state index contributed by atoms with van der Waals surface area (Å²) in [5.41, 5.74) is 2.91. The van der Waals surface area contributed by atoms with Crippen LogP contribution in [0.4, 0.5) is 4.79 Å². The van der Waals surface area contributed by atoms with Crippen molar-refractivity contribution in [2.24, 2.45) is 0 Å². The average Bonchev–Trinajstić information content (AvgIpc) is 2.51. The third-order valence-corrected chi connectivity index (χ3v) is 4.74. The molecule has 1 atom stereocenters. The largest absolute Gasteiger partial charge is 0.444 e. The van der Waals surface area contributed by atoms with Gasteiger partial charge < -0.3 is 10.1 Å². The maximum Gasteiger partial charge on any atom is 0.407 e. The summed E-state index contributed by atoms with van der Waals surface area (Å²) >= 11 is 0. The molecule has 2 aromatic rings. The van der Waals surface area contributed by atoms with Gasteiger partial charge in [0.2, 0.25) is 0 Å². The molecule has 6 nitrogen and oxygen atoms in total. The van der Waals surface area contributed by atoms with Crippen molar-refractivity contribution in [3.05, 3.63) is 47.8 Å². The molecular formula is C19H25N3O3S. The molecule has 1 amide bonds. The maximum atomic E-state index is 11.8. The Kier molecular flexibility index (Phi) is 5.71. The minimum absolute atomic E-state index is 0.283. The molecule has 0 fully saturated rings. The highest BCUT2D eigenvalue weighted by molar-refractivity contribution is 7.91. The number of hydrogen-bond acceptors (Lipinski definition) is 5. The summed E-state index contributed by atoms with van der Waals surface area (Å²) in [6.45, 7) is 7.62. The van der Waals surface area contributed by atoms with Crippen molar-refractivity contribution in [2.75, 3.05) is 6.26 Å². The van der Waals surface area contributed by atoms with Crippen molar-refractivity contribution >= 4 is 15.8 Å².